The first-order valence-corrected chi connectivity index (χ1v) is 4.69. The number of nitrogens with two attached hydrogens (primary N) is 1. The van der Waals surface area contributed by atoms with Crippen molar-refractivity contribution in [2.24, 2.45) is 10.8 Å². The van der Waals surface area contributed by atoms with Crippen LogP contribution >= 0.6 is 0 Å². The first-order valence-electron chi connectivity index (χ1n) is 4.69. The molecule has 0 fully saturated rings. The Morgan fingerprint density at radius 1 is 1.69 bits per heavy atom. The molecule has 2 aromatic heterocycles. The maximum absolute atomic E-state index is 10.4. The summed E-state index contributed by atoms with van der Waals surface area (Å²) in [6.07, 6.45) is 5.05. The molecule has 0 unspecified atom stereocenters. The first kappa shape index (κ1) is 10.2. The summed E-state index contributed by atoms with van der Waals surface area (Å²) >= 11 is 0. The number of amides is 2. The molecule has 0 atom stereocenters. The average molecular weight is 217 g/mol. The third-order valence-corrected chi connectivity index (χ3v) is 2.07. The lowest BCUT2D eigenvalue weighted by Crippen LogP contribution is -2.24. The molecular weight excluding hydrogens is 206 g/mol. The van der Waals surface area contributed by atoms with Gasteiger partial charge in [-0.05, 0) is 24.6 Å². The number of nitrogens with one attached hydrogen (secondary N) is 1. The van der Waals surface area contributed by atoms with Gasteiger partial charge in [-0.2, -0.15) is 5.10 Å². The van der Waals surface area contributed by atoms with E-state index in [4.69, 9.17) is 5.73 Å². The summed E-state index contributed by atoms with van der Waals surface area (Å²) < 4.78 is 1.86. The number of aryl methyl sites for hydroxylation is 1. The SMILES string of the molecule is Cc1ccn2c(C=NNC(N)=O)cnc2c1. The fourth-order valence-corrected chi connectivity index (χ4v) is 1.36. The molecule has 6 heteroatoms. The summed E-state index contributed by atoms with van der Waals surface area (Å²) in [5.74, 6) is 0. The summed E-state index contributed by atoms with van der Waals surface area (Å²) in [4.78, 5) is 14.6. The number of hydrogen-bond donors (Lipinski definition) is 2. The zero-order chi connectivity index (χ0) is 11.5. The topological polar surface area (TPSA) is 84.8 Å². The van der Waals surface area contributed by atoms with Gasteiger partial charge in [0.25, 0.3) is 0 Å². The lowest BCUT2D eigenvalue weighted by atomic mass is 10.3. The molecule has 0 bridgehead atoms. The van der Waals surface area contributed by atoms with Crippen molar-refractivity contribution in [1.29, 1.82) is 0 Å². The number of imidazole rings is 1. The standard InChI is InChI=1S/C10H11N5O/c1-7-2-3-15-8(5-12-9(15)4-7)6-13-14-10(11)16/h2-6H,1H3,(H3,11,14,16). The normalized spacial score (nSPS) is 11.1. The fourth-order valence-electron chi connectivity index (χ4n) is 1.36. The fraction of sp³-hybridized carbons (Fsp3) is 0.100. The molecule has 16 heavy (non-hydrogen) atoms. The average Bonchev–Trinajstić information content (AvgIpc) is 2.60. The van der Waals surface area contributed by atoms with Crippen LogP contribution in [0.1, 0.15) is 11.3 Å². The molecule has 0 saturated heterocycles. The monoisotopic (exact) mass is 217 g/mol. The van der Waals surface area contributed by atoms with E-state index in [2.05, 4.69) is 15.5 Å². The first-order chi connectivity index (χ1) is 7.66. The molecular formula is C10H11N5O. The van der Waals surface area contributed by atoms with Crippen LogP contribution in [0.3, 0.4) is 0 Å². The van der Waals surface area contributed by atoms with Crippen LogP contribution in [-0.2, 0) is 0 Å². The summed E-state index contributed by atoms with van der Waals surface area (Å²) in [5, 5.41) is 3.68. The van der Waals surface area contributed by atoms with E-state index in [0.29, 0.717) is 0 Å². The van der Waals surface area contributed by atoms with Crippen LogP contribution < -0.4 is 11.2 Å². The number of carbonyl (C=O) groups is 1. The molecule has 0 spiro atoms. The van der Waals surface area contributed by atoms with Gasteiger partial charge in [-0.15, -0.1) is 0 Å². The lowest BCUT2D eigenvalue weighted by Gasteiger charge is -1.97. The highest BCUT2D eigenvalue weighted by Crippen LogP contribution is 2.07. The number of nitrogens with zero attached hydrogens (tertiary/aromatic N) is 3. The van der Waals surface area contributed by atoms with Gasteiger partial charge in [-0.25, -0.2) is 15.2 Å². The Hall–Kier alpha value is -2.37. The number of hydrazone groups is 1. The molecule has 0 aliphatic carbocycles. The molecule has 2 rings (SSSR count). The van der Waals surface area contributed by atoms with Crippen molar-refractivity contribution in [2.45, 2.75) is 6.92 Å². The molecule has 6 nitrogen and oxygen atoms in total. The van der Waals surface area contributed by atoms with Gasteiger partial charge in [0.15, 0.2) is 0 Å². The van der Waals surface area contributed by atoms with Crippen molar-refractivity contribution >= 4 is 17.9 Å². The Morgan fingerprint density at radius 2 is 2.50 bits per heavy atom. The van der Waals surface area contributed by atoms with E-state index in [0.717, 1.165) is 16.9 Å². The molecule has 0 saturated carbocycles. The van der Waals surface area contributed by atoms with E-state index in [9.17, 15) is 4.79 Å². The summed E-state index contributed by atoms with van der Waals surface area (Å²) in [6, 6.07) is 3.23. The number of rotatable bonds is 2. The van der Waals surface area contributed by atoms with E-state index in [-0.39, 0.29) is 0 Å². The minimum absolute atomic E-state index is 0.694. The predicted octanol–water partition coefficient (Wildman–Crippen LogP) is 0.645. The van der Waals surface area contributed by atoms with E-state index >= 15 is 0 Å². The van der Waals surface area contributed by atoms with Crippen LogP contribution in [0.25, 0.3) is 5.65 Å². The highest BCUT2D eigenvalue weighted by atomic mass is 16.2. The summed E-state index contributed by atoms with van der Waals surface area (Å²) in [7, 11) is 0. The molecule has 0 aromatic carbocycles. The van der Waals surface area contributed by atoms with Crippen LogP contribution in [0.2, 0.25) is 0 Å². The van der Waals surface area contributed by atoms with Gasteiger partial charge in [-0.1, -0.05) is 0 Å². The van der Waals surface area contributed by atoms with Gasteiger partial charge >= 0.3 is 6.03 Å². The van der Waals surface area contributed by atoms with Crippen molar-refractivity contribution in [3.8, 4) is 0 Å². The van der Waals surface area contributed by atoms with Crippen molar-refractivity contribution < 1.29 is 4.79 Å². The largest absolute Gasteiger partial charge is 0.350 e. The van der Waals surface area contributed by atoms with Gasteiger partial charge in [-0.3, -0.25) is 4.40 Å². The van der Waals surface area contributed by atoms with Gasteiger partial charge in [0, 0.05) is 6.20 Å². The quantitative estimate of drug-likeness (QED) is 0.571. The number of urea groups is 1. The Morgan fingerprint density at radius 3 is 3.25 bits per heavy atom. The third-order valence-electron chi connectivity index (χ3n) is 2.07. The Kier molecular flexibility index (Phi) is 2.55. The van der Waals surface area contributed by atoms with Crippen molar-refractivity contribution in [1.82, 2.24) is 14.8 Å². The molecule has 0 aliphatic rings. The molecule has 0 radical (unpaired) electrons. The Balaban J connectivity index is 2.32. The number of hydrogen-bond acceptors (Lipinski definition) is 3. The molecule has 82 valence electrons. The summed E-state index contributed by atoms with van der Waals surface area (Å²) in [5.41, 5.74) is 9.74. The van der Waals surface area contributed by atoms with Crippen LogP contribution in [0.15, 0.2) is 29.6 Å². The van der Waals surface area contributed by atoms with E-state index < -0.39 is 6.03 Å². The molecule has 2 aromatic rings. The Bertz CT molecular complexity index is 557. The van der Waals surface area contributed by atoms with Gasteiger partial charge in [0.05, 0.1) is 18.1 Å². The number of pyridine rings is 1. The second-order valence-corrected chi connectivity index (χ2v) is 3.35. The van der Waals surface area contributed by atoms with Crippen molar-refractivity contribution in [2.75, 3.05) is 0 Å². The zero-order valence-electron chi connectivity index (χ0n) is 8.71. The van der Waals surface area contributed by atoms with E-state index in [1.807, 2.05) is 29.7 Å². The predicted molar refractivity (Wildman–Crippen MR) is 60.2 cm³/mol. The number of primary amides is 1. The summed E-state index contributed by atoms with van der Waals surface area (Å²) in [6.45, 7) is 2.00. The van der Waals surface area contributed by atoms with Crippen LogP contribution in [0.4, 0.5) is 4.79 Å². The van der Waals surface area contributed by atoms with E-state index in [1.165, 1.54) is 6.21 Å². The van der Waals surface area contributed by atoms with Crippen LogP contribution in [0, 0.1) is 6.92 Å². The maximum Gasteiger partial charge on any atom is 0.332 e. The smallest absolute Gasteiger partial charge is 0.332 e. The van der Waals surface area contributed by atoms with Crippen LogP contribution in [0.5, 0.6) is 0 Å². The second kappa shape index (κ2) is 4.01. The zero-order valence-corrected chi connectivity index (χ0v) is 8.71. The van der Waals surface area contributed by atoms with Crippen LogP contribution in [-0.4, -0.2) is 21.6 Å². The molecule has 2 amide bonds. The van der Waals surface area contributed by atoms with Gasteiger partial charge in [0.1, 0.15) is 5.65 Å². The maximum atomic E-state index is 10.4. The number of fused-ring (bicyclic) bond motifs is 1. The minimum Gasteiger partial charge on any atom is -0.350 e. The Labute approximate surface area is 91.8 Å². The number of carbonyl (C=O) groups excluding carboxylic acids is 1. The highest BCUT2D eigenvalue weighted by Gasteiger charge is 2.00. The minimum atomic E-state index is -0.694. The second-order valence-electron chi connectivity index (χ2n) is 3.35. The van der Waals surface area contributed by atoms with Crippen molar-refractivity contribution in [3.05, 3.63) is 35.8 Å². The number of aromatic nitrogens is 2. The van der Waals surface area contributed by atoms with Crippen molar-refractivity contribution in [3.63, 3.8) is 0 Å². The third kappa shape index (κ3) is 2.00. The van der Waals surface area contributed by atoms with E-state index in [1.54, 1.807) is 6.20 Å². The van der Waals surface area contributed by atoms with Gasteiger partial charge < -0.3 is 5.73 Å². The molecule has 0 aliphatic heterocycles. The molecule has 3 N–H and O–H groups in total. The lowest BCUT2D eigenvalue weighted by molar-refractivity contribution is 0.249. The highest BCUT2D eigenvalue weighted by molar-refractivity contribution is 5.80. The van der Waals surface area contributed by atoms with Gasteiger partial charge in [0.2, 0.25) is 0 Å². The molecule has 2 heterocycles.